The number of nitrogens with zero attached hydrogens (tertiary/aromatic N) is 3. The van der Waals surface area contributed by atoms with Crippen molar-refractivity contribution in [3.05, 3.63) is 70.6 Å². The lowest BCUT2D eigenvalue weighted by Gasteiger charge is -2.25. The Bertz CT molecular complexity index is 802. The van der Waals surface area contributed by atoms with Crippen LogP contribution in [-0.4, -0.2) is 48.2 Å². The summed E-state index contributed by atoms with van der Waals surface area (Å²) in [7, 11) is 2.18. The van der Waals surface area contributed by atoms with Gasteiger partial charge in [0.1, 0.15) is 0 Å². The molecule has 0 aliphatic heterocycles. The predicted octanol–water partition coefficient (Wildman–Crippen LogP) is 3.09. The molecule has 0 saturated heterocycles. The Balaban J connectivity index is 1.68. The van der Waals surface area contributed by atoms with E-state index in [9.17, 15) is 4.79 Å². The van der Waals surface area contributed by atoms with Crippen LogP contribution in [0.1, 0.15) is 38.7 Å². The number of aromatic nitrogens is 1. The van der Waals surface area contributed by atoms with Crippen LogP contribution in [0.15, 0.2) is 64.5 Å². The van der Waals surface area contributed by atoms with Gasteiger partial charge in [0.25, 0.3) is 0 Å². The van der Waals surface area contributed by atoms with Gasteiger partial charge in [0.05, 0.1) is 0 Å². The first-order valence-electron chi connectivity index (χ1n) is 11.0. The van der Waals surface area contributed by atoms with E-state index in [-0.39, 0.29) is 5.56 Å². The van der Waals surface area contributed by atoms with Gasteiger partial charge in [0, 0.05) is 51.0 Å². The van der Waals surface area contributed by atoms with E-state index in [1.165, 1.54) is 5.56 Å². The Morgan fingerprint density at radius 3 is 2.60 bits per heavy atom. The van der Waals surface area contributed by atoms with Gasteiger partial charge in [-0.3, -0.25) is 14.7 Å². The van der Waals surface area contributed by atoms with Gasteiger partial charge in [0.2, 0.25) is 5.56 Å². The van der Waals surface area contributed by atoms with E-state index in [1.54, 1.807) is 16.7 Å². The van der Waals surface area contributed by atoms with Crippen molar-refractivity contribution >= 4 is 5.96 Å². The fourth-order valence-electron chi connectivity index (χ4n) is 3.22. The second kappa shape index (κ2) is 13.6. The Morgan fingerprint density at radius 2 is 1.87 bits per heavy atom. The second-order valence-corrected chi connectivity index (χ2v) is 7.67. The van der Waals surface area contributed by atoms with Gasteiger partial charge < -0.3 is 15.2 Å². The molecule has 1 aromatic carbocycles. The average molecular weight is 412 g/mol. The summed E-state index contributed by atoms with van der Waals surface area (Å²) >= 11 is 0. The van der Waals surface area contributed by atoms with Crippen LogP contribution < -0.4 is 16.2 Å². The van der Waals surface area contributed by atoms with Gasteiger partial charge in [-0.1, -0.05) is 36.4 Å². The van der Waals surface area contributed by atoms with Gasteiger partial charge in [-0.05, 0) is 51.8 Å². The highest BCUT2D eigenvalue weighted by atomic mass is 16.1. The SMILES string of the molecule is CCNC(=NCCCCn1ccccc1=O)NCCC(C)N(C)Cc1ccccc1. The fraction of sp³-hybridized carbons (Fsp3) is 0.500. The van der Waals surface area contributed by atoms with Crippen LogP contribution in [0.2, 0.25) is 0 Å². The summed E-state index contributed by atoms with van der Waals surface area (Å²) < 4.78 is 1.75. The monoisotopic (exact) mass is 411 g/mol. The molecule has 6 heteroatoms. The highest BCUT2D eigenvalue weighted by Crippen LogP contribution is 2.07. The number of hydrogen-bond donors (Lipinski definition) is 2. The van der Waals surface area contributed by atoms with Gasteiger partial charge in [-0.25, -0.2) is 0 Å². The van der Waals surface area contributed by atoms with Crippen LogP contribution >= 0.6 is 0 Å². The maximum Gasteiger partial charge on any atom is 0.250 e. The molecule has 164 valence electrons. The van der Waals surface area contributed by atoms with Gasteiger partial charge >= 0.3 is 0 Å². The number of benzene rings is 1. The minimum absolute atomic E-state index is 0.0577. The smallest absolute Gasteiger partial charge is 0.250 e. The lowest BCUT2D eigenvalue weighted by Crippen LogP contribution is -2.40. The van der Waals surface area contributed by atoms with Crippen LogP contribution in [-0.2, 0) is 13.1 Å². The largest absolute Gasteiger partial charge is 0.357 e. The first-order valence-corrected chi connectivity index (χ1v) is 11.0. The van der Waals surface area contributed by atoms with Gasteiger partial charge in [0.15, 0.2) is 5.96 Å². The van der Waals surface area contributed by atoms with Gasteiger partial charge in [-0.15, -0.1) is 0 Å². The molecular formula is C24H37N5O. The number of pyridine rings is 1. The number of hydrogen-bond acceptors (Lipinski definition) is 3. The van der Waals surface area contributed by atoms with E-state index in [2.05, 4.69) is 71.8 Å². The molecule has 1 atom stereocenters. The first-order chi connectivity index (χ1) is 14.6. The number of nitrogens with one attached hydrogen (secondary N) is 2. The zero-order valence-electron chi connectivity index (χ0n) is 18.7. The third-order valence-electron chi connectivity index (χ3n) is 5.20. The van der Waals surface area contributed by atoms with Crippen molar-refractivity contribution in [3.8, 4) is 0 Å². The van der Waals surface area contributed by atoms with Crippen molar-refractivity contribution in [2.75, 3.05) is 26.7 Å². The summed E-state index contributed by atoms with van der Waals surface area (Å²) in [6.45, 7) is 8.52. The Morgan fingerprint density at radius 1 is 1.10 bits per heavy atom. The van der Waals surface area contributed by atoms with Crippen LogP contribution in [0.3, 0.4) is 0 Å². The maximum absolute atomic E-state index is 11.7. The lowest BCUT2D eigenvalue weighted by molar-refractivity contribution is 0.238. The standard InChI is InChI=1S/C24H37N5O/c1-4-25-24(26-16-9-11-19-29-18-10-8-14-23(29)30)27-17-15-21(2)28(3)20-22-12-6-5-7-13-22/h5-8,10,12-14,18,21H,4,9,11,15-17,19-20H2,1-3H3,(H2,25,26,27). The Kier molecular flexibility index (Phi) is 10.7. The zero-order valence-corrected chi connectivity index (χ0v) is 18.7. The maximum atomic E-state index is 11.7. The molecule has 0 aliphatic carbocycles. The third kappa shape index (κ3) is 8.82. The molecular weight excluding hydrogens is 374 g/mol. The van der Waals surface area contributed by atoms with Crippen molar-refractivity contribution in [2.45, 2.75) is 52.2 Å². The van der Waals surface area contributed by atoms with Crippen LogP contribution in [0.4, 0.5) is 0 Å². The van der Waals surface area contributed by atoms with Crippen molar-refractivity contribution in [1.82, 2.24) is 20.1 Å². The molecule has 0 saturated carbocycles. The van der Waals surface area contributed by atoms with Crippen LogP contribution in [0.5, 0.6) is 0 Å². The molecule has 0 bridgehead atoms. The molecule has 6 nitrogen and oxygen atoms in total. The molecule has 2 rings (SSSR count). The summed E-state index contributed by atoms with van der Waals surface area (Å²) in [5.41, 5.74) is 1.40. The third-order valence-corrected chi connectivity index (χ3v) is 5.20. The molecule has 0 spiro atoms. The Hall–Kier alpha value is -2.60. The zero-order chi connectivity index (χ0) is 21.6. The summed E-state index contributed by atoms with van der Waals surface area (Å²) in [6.07, 6.45) is 4.78. The highest BCUT2D eigenvalue weighted by Gasteiger charge is 2.09. The molecule has 1 unspecified atom stereocenters. The lowest BCUT2D eigenvalue weighted by atomic mass is 10.1. The van der Waals surface area contributed by atoms with E-state index in [1.807, 2.05) is 12.3 Å². The van der Waals surface area contributed by atoms with Crippen molar-refractivity contribution in [1.29, 1.82) is 0 Å². The summed E-state index contributed by atoms with van der Waals surface area (Å²) in [5.74, 6) is 0.868. The molecule has 0 aliphatic rings. The number of aryl methyl sites for hydroxylation is 1. The molecule has 0 amide bonds. The minimum Gasteiger partial charge on any atom is -0.357 e. The number of aliphatic imine (C=N–C) groups is 1. The quantitative estimate of drug-likeness (QED) is 0.320. The number of rotatable bonds is 12. The van der Waals surface area contributed by atoms with Gasteiger partial charge in [-0.2, -0.15) is 0 Å². The van der Waals surface area contributed by atoms with Crippen molar-refractivity contribution in [3.63, 3.8) is 0 Å². The average Bonchev–Trinajstić information content (AvgIpc) is 2.75. The second-order valence-electron chi connectivity index (χ2n) is 7.67. The van der Waals surface area contributed by atoms with Crippen molar-refractivity contribution in [2.24, 2.45) is 4.99 Å². The summed E-state index contributed by atoms with van der Waals surface area (Å²) in [5, 5.41) is 6.76. The van der Waals surface area contributed by atoms with E-state index < -0.39 is 0 Å². The topological polar surface area (TPSA) is 61.7 Å². The van der Waals surface area contributed by atoms with E-state index >= 15 is 0 Å². The number of unbranched alkanes of at least 4 members (excludes halogenated alkanes) is 1. The van der Waals surface area contributed by atoms with Crippen LogP contribution in [0.25, 0.3) is 0 Å². The summed E-state index contributed by atoms with van der Waals surface area (Å²) in [4.78, 5) is 18.8. The van der Waals surface area contributed by atoms with Crippen LogP contribution in [0, 0.1) is 0 Å². The summed E-state index contributed by atoms with van der Waals surface area (Å²) in [6, 6.07) is 16.3. The molecule has 30 heavy (non-hydrogen) atoms. The number of guanidine groups is 1. The van der Waals surface area contributed by atoms with E-state index in [0.29, 0.717) is 6.04 Å². The minimum atomic E-state index is 0.0577. The fourth-order valence-corrected chi connectivity index (χ4v) is 3.22. The molecule has 1 heterocycles. The molecule has 0 fully saturated rings. The first kappa shape index (κ1) is 23.7. The highest BCUT2D eigenvalue weighted by molar-refractivity contribution is 5.79. The van der Waals surface area contributed by atoms with E-state index in [4.69, 9.17) is 0 Å². The molecule has 2 N–H and O–H groups in total. The predicted molar refractivity (Wildman–Crippen MR) is 126 cm³/mol. The van der Waals surface area contributed by atoms with E-state index in [0.717, 1.165) is 57.9 Å². The molecule has 1 aromatic heterocycles. The Labute approximate surface area is 181 Å². The normalized spacial score (nSPS) is 12.7. The molecule has 0 radical (unpaired) electrons. The van der Waals surface area contributed by atoms with Crippen molar-refractivity contribution < 1.29 is 0 Å². The molecule has 2 aromatic rings.